The van der Waals surface area contributed by atoms with Crippen LogP contribution in [0.2, 0.25) is 0 Å². The lowest BCUT2D eigenvalue weighted by Crippen LogP contribution is -2.07. The lowest BCUT2D eigenvalue weighted by atomic mass is 10.2. The van der Waals surface area contributed by atoms with Gasteiger partial charge in [0.1, 0.15) is 5.75 Å². The van der Waals surface area contributed by atoms with Crippen LogP contribution in [0.25, 0.3) is 5.69 Å². The standard InChI is InChI=1S/C21H22IN3O/c1-15-12-18(16(2)25(15)20-10-8-19(22)9-11-20)14-24-23-13-17-6-4-5-7-21(17)26-3/h4-12,14,23H,13H2,1-3H3/b24-14-. The minimum absolute atomic E-state index is 0.621. The fourth-order valence-electron chi connectivity index (χ4n) is 3.00. The number of halogens is 1. The zero-order chi connectivity index (χ0) is 18.5. The van der Waals surface area contributed by atoms with Crippen molar-refractivity contribution in [1.29, 1.82) is 0 Å². The van der Waals surface area contributed by atoms with E-state index in [9.17, 15) is 0 Å². The number of para-hydroxylation sites is 1. The maximum atomic E-state index is 5.36. The summed E-state index contributed by atoms with van der Waals surface area (Å²) in [6.07, 6.45) is 1.88. The third kappa shape index (κ3) is 4.09. The number of benzene rings is 2. The van der Waals surface area contributed by atoms with E-state index in [2.05, 4.69) is 81.9 Å². The number of hydrogen-bond donors (Lipinski definition) is 1. The van der Waals surface area contributed by atoms with Gasteiger partial charge < -0.3 is 14.7 Å². The van der Waals surface area contributed by atoms with Crippen molar-refractivity contribution in [3.63, 3.8) is 0 Å². The van der Waals surface area contributed by atoms with Crippen LogP contribution in [0, 0.1) is 17.4 Å². The number of aromatic nitrogens is 1. The lowest BCUT2D eigenvalue weighted by molar-refractivity contribution is 0.408. The Morgan fingerprint density at radius 1 is 1.12 bits per heavy atom. The topological polar surface area (TPSA) is 38.5 Å². The smallest absolute Gasteiger partial charge is 0.123 e. The van der Waals surface area contributed by atoms with Crippen LogP contribution in [0.3, 0.4) is 0 Å². The zero-order valence-corrected chi connectivity index (χ0v) is 17.3. The molecule has 1 aromatic heterocycles. The van der Waals surface area contributed by atoms with E-state index in [1.807, 2.05) is 30.5 Å². The number of hydrazone groups is 1. The number of rotatable bonds is 6. The second-order valence-electron chi connectivity index (χ2n) is 6.04. The SMILES string of the molecule is COc1ccccc1CN/N=C\c1cc(C)n(-c2ccc(I)cc2)c1C. The molecule has 0 saturated heterocycles. The van der Waals surface area contributed by atoms with Crippen molar-refractivity contribution < 1.29 is 4.74 Å². The molecule has 1 heterocycles. The average Bonchev–Trinajstić information content (AvgIpc) is 2.93. The number of methoxy groups -OCH3 is 1. The van der Waals surface area contributed by atoms with Gasteiger partial charge in [0.25, 0.3) is 0 Å². The molecule has 0 bridgehead atoms. The molecule has 5 heteroatoms. The molecule has 0 aliphatic rings. The highest BCUT2D eigenvalue weighted by Gasteiger charge is 2.09. The van der Waals surface area contributed by atoms with E-state index in [4.69, 9.17) is 4.74 Å². The first-order valence-corrected chi connectivity index (χ1v) is 9.50. The third-order valence-corrected chi connectivity index (χ3v) is 5.03. The van der Waals surface area contributed by atoms with Gasteiger partial charge >= 0.3 is 0 Å². The van der Waals surface area contributed by atoms with Gasteiger partial charge in [-0.3, -0.25) is 0 Å². The molecule has 0 spiro atoms. The van der Waals surface area contributed by atoms with Crippen LogP contribution in [0.5, 0.6) is 5.75 Å². The summed E-state index contributed by atoms with van der Waals surface area (Å²) in [6, 6.07) is 18.6. The van der Waals surface area contributed by atoms with Crippen LogP contribution < -0.4 is 10.2 Å². The molecule has 0 atom stereocenters. The average molecular weight is 459 g/mol. The quantitative estimate of drug-likeness (QED) is 0.326. The van der Waals surface area contributed by atoms with Gasteiger partial charge in [0.05, 0.1) is 19.9 Å². The summed E-state index contributed by atoms with van der Waals surface area (Å²) in [6.45, 7) is 4.85. The summed E-state index contributed by atoms with van der Waals surface area (Å²) in [5.74, 6) is 0.868. The van der Waals surface area contributed by atoms with Crippen molar-refractivity contribution in [3.8, 4) is 11.4 Å². The summed E-state index contributed by atoms with van der Waals surface area (Å²) in [5, 5.41) is 4.39. The predicted octanol–water partition coefficient (Wildman–Crippen LogP) is 4.83. The van der Waals surface area contributed by atoms with E-state index in [0.717, 1.165) is 16.9 Å². The molecule has 1 N–H and O–H groups in total. The lowest BCUT2D eigenvalue weighted by Gasteiger charge is -2.09. The van der Waals surface area contributed by atoms with Crippen molar-refractivity contribution in [2.24, 2.45) is 5.10 Å². The highest BCUT2D eigenvalue weighted by Crippen LogP contribution is 2.21. The molecule has 134 valence electrons. The molecule has 0 unspecified atom stereocenters. The fraction of sp³-hybridized carbons (Fsp3) is 0.190. The molecule has 0 amide bonds. The molecule has 2 aromatic carbocycles. The van der Waals surface area contributed by atoms with Crippen LogP contribution in [0.1, 0.15) is 22.5 Å². The van der Waals surface area contributed by atoms with Crippen LogP contribution in [-0.4, -0.2) is 17.9 Å². The summed E-state index contributed by atoms with van der Waals surface area (Å²) in [7, 11) is 1.68. The van der Waals surface area contributed by atoms with Crippen LogP contribution in [0.4, 0.5) is 0 Å². The van der Waals surface area contributed by atoms with Gasteiger partial charge in [-0.25, -0.2) is 0 Å². The van der Waals surface area contributed by atoms with Crippen molar-refractivity contribution in [2.75, 3.05) is 7.11 Å². The van der Waals surface area contributed by atoms with E-state index in [1.54, 1.807) is 7.11 Å². The van der Waals surface area contributed by atoms with Crippen LogP contribution >= 0.6 is 22.6 Å². The van der Waals surface area contributed by atoms with Crippen molar-refractivity contribution in [2.45, 2.75) is 20.4 Å². The molecule has 0 fully saturated rings. The maximum absolute atomic E-state index is 5.36. The molecule has 4 nitrogen and oxygen atoms in total. The van der Waals surface area contributed by atoms with Crippen molar-refractivity contribution in [1.82, 2.24) is 9.99 Å². The van der Waals surface area contributed by atoms with Gasteiger partial charge in [0, 0.05) is 31.8 Å². The number of hydrogen-bond acceptors (Lipinski definition) is 3. The first kappa shape index (κ1) is 18.5. The zero-order valence-electron chi connectivity index (χ0n) is 15.2. The second-order valence-corrected chi connectivity index (χ2v) is 7.29. The number of aryl methyl sites for hydroxylation is 1. The minimum atomic E-state index is 0.621. The molecule has 0 aliphatic heterocycles. The summed E-state index contributed by atoms with van der Waals surface area (Å²) >= 11 is 2.32. The Bertz CT molecular complexity index is 914. The fourth-order valence-corrected chi connectivity index (χ4v) is 3.36. The Balaban J connectivity index is 1.73. The molecule has 3 aromatic rings. The monoisotopic (exact) mass is 459 g/mol. The highest BCUT2D eigenvalue weighted by atomic mass is 127. The van der Waals surface area contributed by atoms with E-state index < -0.39 is 0 Å². The highest BCUT2D eigenvalue weighted by molar-refractivity contribution is 14.1. The molecule has 0 radical (unpaired) electrons. The third-order valence-electron chi connectivity index (χ3n) is 4.31. The maximum Gasteiger partial charge on any atom is 0.123 e. The molecule has 26 heavy (non-hydrogen) atoms. The van der Waals surface area contributed by atoms with E-state index >= 15 is 0 Å². The van der Waals surface area contributed by atoms with E-state index in [-0.39, 0.29) is 0 Å². The Morgan fingerprint density at radius 3 is 2.58 bits per heavy atom. The number of nitrogens with one attached hydrogen (secondary N) is 1. The molecule has 3 rings (SSSR count). The Kier molecular flexibility index (Phi) is 5.98. The van der Waals surface area contributed by atoms with Gasteiger partial charge in [-0.05, 0) is 72.8 Å². The largest absolute Gasteiger partial charge is 0.496 e. The van der Waals surface area contributed by atoms with Gasteiger partial charge in [0.2, 0.25) is 0 Å². The molecular formula is C21H22IN3O. The summed E-state index contributed by atoms with van der Waals surface area (Å²) < 4.78 is 8.84. The first-order valence-electron chi connectivity index (χ1n) is 8.43. The van der Waals surface area contributed by atoms with Crippen molar-refractivity contribution >= 4 is 28.8 Å². The summed E-state index contributed by atoms with van der Waals surface area (Å²) in [5.41, 5.74) is 8.82. The summed E-state index contributed by atoms with van der Waals surface area (Å²) in [4.78, 5) is 0. The Labute approximate surface area is 168 Å². The predicted molar refractivity (Wildman–Crippen MR) is 115 cm³/mol. The van der Waals surface area contributed by atoms with Crippen LogP contribution in [-0.2, 0) is 6.54 Å². The van der Waals surface area contributed by atoms with Gasteiger partial charge in [0.15, 0.2) is 0 Å². The van der Waals surface area contributed by atoms with Gasteiger partial charge in [-0.15, -0.1) is 0 Å². The van der Waals surface area contributed by atoms with Crippen molar-refractivity contribution in [3.05, 3.63) is 80.7 Å². The van der Waals surface area contributed by atoms with Gasteiger partial charge in [-0.2, -0.15) is 5.10 Å². The van der Waals surface area contributed by atoms with E-state index in [1.165, 1.54) is 20.6 Å². The number of nitrogens with zero attached hydrogens (tertiary/aromatic N) is 2. The Hall–Kier alpha value is -2.28. The minimum Gasteiger partial charge on any atom is -0.496 e. The van der Waals surface area contributed by atoms with Crippen LogP contribution in [0.15, 0.2) is 59.7 Å². The van der Waals surface area contributed by atoms with E-state index in [0.29, 0.717) is 6.54 Å². The second kappa shape index (κ2) is 8.40. The molecule has 0 aliphatic carbocycles. The normalized spacial score (nSPS) is 11.1. The number of ether oxygens (including phenoxy) is 1. The molecule has 0 saturated carbocycles. The Morgan fingerprint density at radius 2 is 1.85 bits per heavy atom. The van der Waals surface area contributed by atoms with Gasteiger partial charge in [-0.1, -0.05) is 18.2 Å². The first-order chi connectivity index (χ1) is 12.6. The molecular weight excluding hydrogens is 437 g/mol.